The van der Waals surface area contributed by atoms with Gasteiger partial charge in [-0.15, -0.1) is 11.3 Å². The van der Waals surface area contributed by atoms with Crippen LogP contribution in [-0.2, 0) is 6.54 Å². The van der Waals surface area contributed by atoms with Gasteiger partial charge in [0.2, 0.25) is 0 Å². The van der Waals surface area contributed by atoms with Gasteiger partial charge in [0.05, 0.1) is 11.2 Å². The number of rotatable bonds is 5. The van der Waals surface area contributed by atoms with Crippen molar-refractivity contribution in [3.8, 4) is 0 Å². The van der Waals surface area contributed by atoms with E-state index in [-0.39, 0.29) is 5.56 Å². The molecule has 1 aliphatic heterocycles. The van der Waals surface area contributed by atoms with Crippen LogP contribution in [0.1, 0.15) is 25.0 Å². The molecule has 6 nitrogen and oxygen atoms in total. The van der Waals surface area contributed by atoms with Crippen LogP contribution >= 0.6 is 11.3 Å². The second-order valence-corrected chi connectivity index (χ2v) is 5.95. The van der Waals surface area contributed by atoms with E-state index >= 15 is 0 Å². The highest BCUT2D eigenvalue weighted by atomic mass is 32.1. The van der Waals surface area contributed by atoms with Gasteiger partial charge in [-0.3, -0.25) is 4.79 Å². The lowest BCUT2D eigenvalue weighted by atomic mass is 10.0. The van der Waals surface area contributed by atoms with Gasteiger partial charge in [0.25, 0.3) is 5.56 Å². The first-order chi connectivity index (χ1) is 10.3. The lowest BCUT2D eigenvalue weighted by Crippen LogP contribution is -2.46. The van der Waals surface area contributed by atoms with Crippen molar-refractivity contribution in [1.82, 2.24) is 20.5 Å². The third-order valence-corrected chi connectivity index (χ3v) is 4.39. The summed E-state index contributed by atoms with van der Waals surface area (Å²) in [6.07, 6.45) is 3.55. The van der Waals surface area contributed by atoms with Crippen LogP contribution in [0.25, 0.3) is 0 Å². The van der Waals surface area contributed by atoms with Crippen molar-refractivity contribution >= 4 is 17.2 Å². The Bertz CT molecular complexity index is 592. The fraction of sp³-hybridized carbons (Fsp3) is 0.500. The molecule has 1 fully saturated rings. The van der Waals surface area contributed by atoms with Crippen molar-refractivity contribution in [3.05, 3.63) is 39.1 Å². The van der Waals surface area contributed by atoms with Gasteiger partial charge in [-0.05, 0) is 25.3 Å². The van der Waals surface area contributed by atoms with Crippen LogP contribution in [0, 0.1) is 0 Å². The molecule has 1 unspecified atom stereocenters. The third-order valence-electron chi connectivity index (χ3n) is 3.76. The van der Waals surface area contributed by atoms with E-state index in [0.717, 1.165) is 37.6 Å². The minimum absolute atomic E-state index is 0.158. The minimum Gasteiger partial charge on any atom is -0.351 e. The van der Waals surface area contributed by atoms with Crippen molar-refractivity contribution in [2.75, 3.05) is 18.0 Å². The molecular formula is C14H19N5OS. The van der Waals surface area contributed by atoms with E-state index in [9.17, 15) is 4.79 Å². The summed E-state index contributed by atoms with van der Waals surface area (Å²) in [6, 6.07) is 3.75. The van der Waals surface area contributed by atoms with E-state index in [1.54, 1.807) is 17.4 Å². The zero-order chi connectivity index (χ0) is 14.5. The summed E-state index contributed by atoms with van der Waals surface area (Å²) in [7, 11) is 0. The van der Waals surface area contributed by atoms with Gasteiger partial charge >= 0.3 is 0 Å². The van der Waals surface area contributed by atoms with Crippen molar-refractivity contribution < 1.29 is 0 Å². The number of nitrogens with zero attached hydrogens (tertiary/aromatic N) is 3. The summed E-state index contributed by atoms with van der Waals surface area (Å²) in [5.41, 5.74) is 2.78. The molecule has 0 aromatic carbocycles. The second-order valence-electron chi connectivity index (χ2n) is 5.23. The Hall–Kier alpha value is -1.73. The predicted octanol–water partition coefficient (Wildman–Crippen LogP) is 1.38. The first kappa shape index (κ1) is 14.2. The van der Waals surface area contributed by atoms with E-state index in [0.29, 0.717) is 6.04 Å². The molecule has 3 heterocycles. The molecule has 0 saturated carbocycles. The Balaban J connectivity index is 1.61. The fourth-order valence-corrected chi connectivity index (χ4v) is 3.26. The van der Waals surface area contributed by atoms with Gasteiger partial charge in [-0.2, -0.15) is 5.10 Å². The number of aromatic amines is 1. The van der Waals surface area contributed by atoms with Gasteiger partial charge in [0, 0.05) is 37.1 Å². The van der Waals surface area contributed by atoms with Crippen molar-refractivity contribution in [3.63, 3.8) is 0 Å². The number of anilines is 1. The minimum atomic E-state index is -0.158. The lowest BCUT2D eigenvalue weighted by Gasteiger charge is -2.36. The molecule has 2 aromatic rings. The number of aromatic nitrogens is 3. The summed E-state index contributed by atoms with van der Waals surface area (Å²) in [6.45, 7) is 2.69. The molecular weight excluding hydrogens is 286 g/mol. The molecule has 0 spiro atoms. The topological polar surface area (TPSA) is 73.9 Å². The Morgan fingerprint density at radius 3 is 3.14 bits per heavy atom. The highest BCUT2D eigenvalue weighted by Gasteiger charge is 2.23. The van der Waals surface area contributed by atoms with Crippen molar-refractivity contribution in [2.45, 2.75) is 31.8 Å². The maximum Gasteiger partial charge on any atom is 0.264 e. The van der Waals surface area contributed by atoms with E-state index < -0.39 is 0 Å². The van der Waals surface area contributed by atoms with Gasteiger partial charge in [-0.25, -0.2) is 10.1 Å². The van der Waals surface area contributed by atoms with Crippen LogP contribution in [0.4, 0.5) is 5.82 Å². The first-order valence-electron chi connectivity index (χ1n) is 7.23. The largest absolute Gasteiger partial charge is 0.351 e. The zero-order valence-corrected chi connectivity index (χ0v) is 12.6. The van der Waals surface area contributed by atoms with Gasteiger partial charge in [0.1, 0.15) is 5.82 Å². The molecule has 2 aromatic heterocycles. The molecule has 0 radical (unpaired) electrons. The number of hydrogen-bond acceptors (Lipinski definition) is 6. The maximum absolute atomic E-state index is 11.1. The number of thiazole rings is 1. The molecule has 1 aliphatic rings. The first-order valence-corrected chi connectivity index (χ1v) is 8.17. The van der Waals surface area contributed by atoms with Crippen LogP contribution < -0.4 is 15.8 Å². The molecule has 0 bridgehead atoms. The maximum atomic E-state index is 11.1. The molecule has 7 heteroatoms. The molecule has 21 heavy (non-hydrogen) atoms. The van der Waals surface area contributed by atoms with Gasteiger partial charge < -0.3 is 10.2 Å². The monoisotopic (exact) mass is 305 g/mol. The average Bonchev–Trinajstić information content (AvgIpc) is 3.02. The molecule has 1 atom stereocenters. The zero-order valence-electron chi connectivity index (χ0n) is 11.8. The van der Waals surface area contributed by atoms with Crippen molar-refractivity contribution in [1.29, 1.82) is 0 Å². The Labute approximate surface area is 127 Å². The molecule has 0 amide bonds. The smallest absolute Gasteiger partial charge is 0.264 e. The number of piperidine rings is 1. The Morgan fingerprint density at radius 1 is 1.43 bits per heavy atom. The van der Waals surface area contributed by atoms with Crippen LogP contribution in [0.15, 0.2) is 27.8 Å². The summed E-state index contributed by atoms with van der Waals surface area (Å²) < 4.78 is 0. The SMILES string of the molecule is O=c1ccc(N2CCCCC2CNCc2cscn2)n[nH]1. The predicted molar refractivity (Wildman–Crippen MR) is 83.7 cm³/mol. The van der Waals surface area contributed by atoms with Crippen LogP contribution in [0.5, 0.6) is 0 Å². The molecule has 112 valence electrons. The number of nitrogens with one attached hydrogen (secondary N) is 2. The van der Waals surface area contributed by atoms with E-state index in [1.165, 1.54) is 18.9 Å². The van der Waals surface area contributed by atoms with Crippen LogP contribution in [0.2, 0.25) is 0 Å². The quantitative estimate of drug-likeness (QED) is 0.873. The van der Waals surface area contributed by atoms with Gasteiger partial charge in [0.15, 0.2) is 0 Å². The van der Waals surface area contributed by atoms with Crippen LogP contribution in [-0.4, -0.2) is 34.3 Å². The van der Waals surface area contributed by atoms with E-state index in [2.05, 4.69) is 30.8 Å². The van der Waals surface area contributed by atoms with Gasteiger partial charge in [-0.1, -0.05) is 0 Å². The fourth-order valence-electron chi connectivity index (χ4n) is 2.70. The van der Waals surface area contributed by atoms with Crippen molar-refractivity contribution in [2.24, 2.45) is 0 Å². The molecule has 3 rings (SSSR count). The highest BCUT2D eigenvalue weighted by molar-refractivity contribution is 7.07. The summed E-state index contributed by atoms with van der Waals surface area (Å²) >= 11 is 1.62. The molecule has 2 N–H and O–H groups in total. The average molecular weight is 305 g/mol. The standard InChI is InChI=1S/C14H19N5OS/c20-14-5-4-13(17-18-14)19-6-2-1-3-12(19)8-15-7-11-9-21-10-16-11/h4-5,9-10,12,15H,1-3,6-8H2,(H,18,20). The molecule has 1 saturated heterocycles. The summed E-state index contributed by atoms with van der Waals surface area (Å²) in [4.78, 5) is 17.7. The Kier molecular flexibility index (Phi) is 4.62. The molecule has 0 aliphatic carbocycles. The van der Waals surface area contributed by atoms with E-state index in [4.69, 9.17) is 0 Å². The second kappa shape index (κ2) is 6.82. The number of H-pyrrole nitrogens is 1. The normalized spacial score (nSPS) is 18.9. The number of hydrogen-bond donors (Lipinski definition) is 2. The lowest BCUT2D eigenvalue weighted by molar-refractivity contribution is 0.430. The van der Waals surface area contributed by atoms with E-state index in [1.807, 2.05) is 5.51 Å². The summed E-state index contributed by atoms with van der Waals surface area (Å²) in [5, 5.41) is 12.2. The summed E-state index contributed by atoms with van der Waals surface area (Å²) in [5.74, 6) is 0.856. The Morgan fingerprint density at radius 2 is 2.38 bits per heavy atom. The highest BCUT2D eigenvalue weighted by Crippen LogP contribution is 2.21. The van der Waals surface area contributed by atoms with Crippen LogP contribution in [0.3, 0.4) is 0 Å². The third kappa shape index (κ3) is 3.68.